The third-order valence-corrected chi connectivity index (χ3v) is 3.25. The third-order valence-electron chi connectivity index (χ3n) is 3.25. The molecule has 1 heterocycles. The Hall–Kier alpha value is -3.26. The number of rotatable bonds is 4. The molecule has 2 aromatic carbocycles. The maximum absolute atomic E-state index is 11.7. The van der Waals surface area contributed by atoms with Crippen LogP contribution in [0.25, 0.3) is 6.08 Å². The zero-order chi connectivity index (χ0) is 16.1. The number of carbonyl (C=O) groups excluding carboxylic acids is 1. The molecule has 0 fully saturated rings. The van der Waals surface area contributed by atoms with Gasteiger partial charge < -0.3 is 14.2 Å². The number of fused-ring (bicyclic) bond motifs is 1. The Kier molecular flexibility index (Phi) is 4.25. The second kappa shape index (κ2) is 6.67. The Morgan fingerprint density at radius 3 is 2.96 bits per heavy atom. The van der Waals surface area contributed by atoms with Gasteiger partial charge in [0.2, 0.25) is 6.79 Å². The van der Waals surface area contributed by atoms with Gasteiger partial charge in [-0.1, -0.05) is 18.2 Å². The molecular weight excluding hydrogens is 294 g/mol. The van der Waals surface area contributed by atoms with Crippen molar-refractivity contribution in [1.82, 2.24) is 0 Å². The largest absolute Gasteiger partial charge is 0.458 e. The van der Waals surface area contributed by atoms with E-state index in [0.29, 0.717) is 17.1 Å². The Labute approximate surface area is 133 Å². The fraction of sp³-hybridized carbons (Fsp3) is 0.111. The summed E-state index contributed by atoms with van der Waals surface area (Å²) in [5.74, 6) is 0.904. The monoisotopic (exact) mass is 307 g/mol. The predicted octanol–water partition coefficient (Wildman–Crippen LogP) is 3.04. The normalized spacial score (nSPS) is 12.1. The fourth-order valence-electron chi connectivity index (χ4n) is 2.11. The molecule has 0 bridgehead atoms. The molecule has 0 N–H and O–H groups in total. The fourth-order valence-corrected chi connectivity index (χ4v) is 2.11. The van der Waals surface area contributed by atoms with Crippen LogP contribution in [-0.4, -0.2) is 12.8 Å². The number of hydrogen-bond acceptors (Lipinski definition) is 5. The van der Waals surface area contributed by atoms with E-state index in [4.69, 9.17) is 19.5 Å². The molecule has 0 saturated heterocycles. The van der Waals surface area contributed by atoms with Crippen molar-refractivity contribution in [2.45, 2.75) is 6.61 Å². The van der Waals surface area contributed by atoms with Gasteiger partial charge in [-0.2, -0.15) is 5.26 Å². The molecule has 3 rings (SSSR count). The topological polar surface area (TPSA) is 68.5 Å². The Morgan fingerprint density at radius 2 is 2.09 bits per heavy atom. The Balaban J connectivity index is 1.57. The van der Waals surface area contributed by atoms with Gasteiger partial charge in [0.25, 0.3) is 0 Å². The van der Waals surface area contributed by atoms with Crippen molar-refractivity contribution in [1.29, 1.82) is 5.26 Å². The molecule has 5 heteroatoms. The first-order valence-corrected chi connectivity index (χ1v) is 6.98. The second-order valence-corrected chi connectivity index (χ2v) is 4.87. The number of benzene rings is 2. The molecule has 5 nitrogen and oxygen atoms in total. The summed E-state index contributed by atoms with van der Waals surface area (Å²) in [4.78, 5) is 11.7. The minimum atomic E-state index is -0.454. The van der Waals surface area contributed by atoms with E-state index in [2.05, 4.69) is 0 Å². The van der Waals surface area contributed by atoms with E-state index in [1.54, 1.807) is 42.5 Å². The summed E-state index contributed by atoms with van der Waals surface area (Å²) in [5, 5.41) is 8.83. The lowest BCUT2D eigenvalue weighted by atomic mass is 10.1. The molecule has 114 valence electrons. The average molecular weight is 307 g/mol. The van der Waals surface area contributed by atoms with Gasteiger partial charge in [-0.3, -0.25) is 0 Å². The van der Waals surface area contributed by atoms with Gasteiger partial charge in [-0.15, -0.1) is 0 Å². The highest BCUT2D eigenvalue weighted by molar-refractivity contribution is 5.87. The molecule has 0 saturated carbocycles. The SMILES string of the molecule is N#Cc1cccc(COC(=O)/C=C/c2ccc3c(c2)OCO3)c1. The van der Waals surface area contributed by atoms with Crippen LogP contribution in [0.3, 0.4) is 0 Å². The van der Waals surface area contributed by atoms with Gasteiger partial charge in [0, 0.05) is 6.08 Å². The first-order valence-electron chi connectivity index (χ1n) is 6.98. The molecule has 2 aromatic rings. The van der Waals surface area contributed by atoms with Crippen molar-refractivity contribution in [3.8, 4) is 17.6 Å². The highest BCUT2D eigenvalue weighted by Crippen LogP contribution is 2.32. The average Bonchev–Trinajstić information content (AvgIpc) is 3.06. The maximum Gasteiger partial charge on any atom is 0.331 e. The van der Waals surface area contributed by atoms with E-state index in [0.717, 1.165) is 11.1 Å². The lowest BCUT2D eigenvalue weighted by Gasteiger charge is -2.02. The molecule has 0 amide bonds. The van der Waals surface area contributed by atoms with Gasteiger partial charge in [0.1, 0.15) is 6.61 Å². The van der Waals surface area contributed by atoms with E-state index in [1.807, 2.05) is 12.1 Å². The summed E-state index contributed by atoms with van der Waals surface area (Å²) in [6, 6.07) is 14.4. The van der Waals surface area contributed by atoms with Crippen LogP contribution in [0.2, 0.25) is 0 Å². The van der Waals surface area contributed by atoms with Gasteiger partial charge >= 0.3 is 5.97 Å². The van der Waals surface area contributed by atoms with E-state index < -0.39 is 5.97 Å². The highest BCUT2D eigenvalue weighted by atomic mass is 16.7. The van der Waals surface area contributed by atoms with Crippen LogP contribution in [-0.2, 0) is 16.1 Å². The van der Waals surface area contributed by atoms with Crippen LogP contribution in [0.1, 0.15) is 16.7 Å². The van der Waals surface area contributed by atoms with E-state index in [1.165, 1.54) is 6.08 Å². The van der Waals surface area contributed by atoms with E-state index in [9.17, 15) is 4.79 Å². The minimum Gasteiger partial charge on any atom is -0.458 e. The number of hydrogen-bond donors (Lipinski definition) is 0. The molecule has 0 aromatic heterocycles. The minimum absolute atomic E-state index is 0.125. The molecule has 0 spiro atoms. The van der Waals surface area contributed by atoms with Gasteiger partial charge in [0.15, 0.2) is 11.5 Å². The van der Waals surface area contributed by atoms with Crippen LogP contribution < -0.4 is 9.47 Å². The summed E-state index contributed by atoms with van der Waals surface area (Å²) >= 11 is 0. The van der Waals surface area contributed by atoms with Crippen molar-refractivity contribution in [2.75, 3.05) is 6.79 Å². The first kappa shape index (κ1) is 14.7. The van der Waals surface area contributed by atoms with Crippen molar-refractivity contribution >= 4 is 12.0 Å². The van der Waals surface area contributed by atoms with Gasteiger partial charge in [0.05, 0.1) is 11.6 Å². The van der Waals surface area contributed by atoms with Gasteiger partial charge in [-0.05, 0) is 41.5 Å². The molecule has 0 radical (unpaired) electrons. The molecule has 1 aliphatic rings. The van der Waals surface area contributed by atoms with Crippen molar-refractivity contribution in [3.63, 3.8) is 0 Å². The molecule has 0 aliphatic carbocycles. The van der Waals surface area contributed by atoms with Crippen LogP contribution >= 0.6 is 0 Å². The van der Waals surface area contributed by atoms with Crippen LogP contribution in [0, 0.1) is 11.3 Å². The molecule has 1 aliphatic heterocycles. The van der Waals surface area contributed by atoms with E-state index in [-0.39, 0.29) is 13.4 Å². The summed E-state index contributed by atoms with van der Waals surface area (Å²) in [6.45, 7) is 0.339. The van der Waals surface area contributed by atoms with Crippen molar-refractivity contribution in [3.05, 3.63) is 65.2 Å². The Morgan fingerprint density at radius 1 is 1.22 bits per heavy atom. The smallest absolute Gasteiger partial charge is 0.331 e. The zero-order valence-corrected chi connectivity index (χ0v) is 12.2. The van der Waals surface area contributed by atoms with E-state index >= 15 is 0 Å². The zero-order valence-electron chi connectivity index (χ0n) is 12.2. The lowest BCUT2D eigenvalue weighted by molar-refractivity contribution is -0.138. The molecule has 23 heavy (non-hydrogen) atoms. The number of nitrogens with zero attached hydrogens (tertiary/aromatic N) is 1. The maximum atomic E-state index is 11.7. The third kappa shape index (κ3) is 3.69. The highest BCUT2D eigenvalue weighted by Gasteiger charge is 2.12. The summed E-state index contributed by atoms with van der Waals surface area (Å²) in [5.41, 5.74) is 2.13. The van der Waals surface area contributed by atoms with Crippen molar-refractivity contribution in [2.24, 2.45) is 0 Å². The molecule has 0 unspecified atom stereocenters. The van der Waals surface area contributed by atoms with Crippen LogP contribution in [0.4, 0.5) is 0 Å². The standard InChI is InChI=1S/C18H13NO4/c19-10-14-2-1-3-15(8-14)11-21-18(20)7-5-13-4-6-16-17(9-13)23-12-22-16/h1-9H,11-12H2/b7-5+. The first-order chi connectivity index (χ1) is 11.2. The molecule has 0 atom stereocenters. The summed E-state index contributed by atoms with van der Waals surface area (Å²) < 4.78 is 15.6. The molecular formula is C18H13NO4. The number of nitriles is 1. The number of ether oxygens (including phenoxy) is 3. The number of carbonyl (C=O) groups is 1. The van der Waals surface area contributed by atoms with Crippen LogP contribution in [0.15, 0.2) is 48.5 Å². The quantitative estimate of drug-likeness (QED) is 0.641. The summed E-state index contributed by atoms with van der Waals surface area (Å²) in [7, 11) is 0. The second-order valence-electron chi connectivity index (χ2n) is 4.87. The Bertz CT molecular complexity index is 805. The van der Waals surface area contributed by atoms with Crippen LogP contribution in [0.5, 0.6) is 11.5 Å². The summed E-state index contributed by atoms with van der Waals surface area (Å²) in [6.07, 6.45) is 3.00. The van der Waals surface area contributed by atoms with Crippen molar-refractivity contribution < 1.29 is 19.0 Å². The van der Waals surface area contributed by atoms with Gasteiger partial charge in [-0.25, -0.2) is 4.79 Å². The lowest BCUT2D eigenvalue weighted by Crippen LogP contribution is -2.00. The predicted molar refractivity (Wildman–Crippen MR) is 82.6 cm³/mol. The number of esters is 1.